The van der Waals surface area contributed by atoms with E-state index in [0.29, 0.717) is 23.5 Å². The fourth-order valence-electron chi connectivity index (χ4n) is 2.77. The molecule has 1 unspecified atom stereocenters. The first kappa shape index (κ1) is 13.6. The van der Waals surface area contributed by atoms with E-state index in [1.54, 1.807) is 12.3 Å². The minimum absolute atomic E-state index is 0.0520. The standard InChI is InChI=1S/C15H18N4O2/c1-9-6-14(21-18-9)13-4-3-5-19(13)15(20)12-7-11(16)8-17-10(12)2/h6-8,13H,3-5,16H2,1-2H3. The molecule has 1 fully saturated rings. The molecule has 6 nitrogen and oxygen atoms in total. The molecule has 3 rings (SSSR count). The second-order valence-corrected chi connectivity index (χ2v) is 5.43. The van der Waals surface area contributed by atoms with E-state index in [0.717, 1.165) is 24.3 Å². The van der Waals surface area contributed by atoms with Crippen molar-refractivity contribution in [2.45, 2.75) is 32.7 Å². The SMILES string of the molecule is Cc1cc(C2CCCN2C(=O)c2cc(N)cnc2C)on1. The van der Waals surface area contributed by atoms with Crippen LogP contribution in [0.15, 0.2) is 22.9 Å². The Kier molecular flexibility index (Phi) is 3.37. The van der Waals surface area contributed by atoms with Crippen molar-refractivity contribution < 1.29 is 9.32 Å². The van der Waals surface area contributed by atoms with Crippen molar-refractivity contribution in [3.63, 3.8) is 0 Å². The number of carbonyl (C=O) groups excluding carboxylic acids is 1. The van der Waals surface area contributed by atoms with E-state index in [1.165, 1.54) is 0 Å². The van der Waals surface area contributed by atoms with E-state index in [2.05, 4.69) is 10.1 Å². The summed E-state index contributed by atoms with van der Waals surface area (Å²) in [5.41, 5.74) is 8.31. The summed E-state index contributed by atoms with van der Waals surface area (Å²) >= 11 is 0. The Hall–Kier alpha value is -2.37. The number of carbonyl (C=O) groups is 1. The van der Waals surface area contributed by atoms with Crippen molar-refractivity contribution in [2.75, 3.05) is 12.3 Å². The number of likely N-dealkylation sites (tertiary alicyclic amines) is 1. The summed E-state index contributed by atoms with van der Waals surface area (Å²) in [6.07, 6.45) is 3.40. The average molecular weight is 286 g/mol. The van der Waals surface area contributed by atoms with E-state index in [-0.39, 0.29) is 11.9 Å². The summed E-state index contributed by atoms with van der Waals surface area (Å²) < 4.78 is 5.33. The van der Waals surface area contributed by atoms with Gasteiger partial charge in [-0.15, -0.1) is 0 Å². The third-order valence-corrected chi connectivity index (χ3v) is 3.83. The predicted molar refractivity (Wildman–Crippen MR) is 77.6 cm³/mol. The number of rotatable bonds is 2. The maximum atomic E-state index is 12.8. The Bertz CT molecular complexity index is 680. The first-order valence-corrected chi connectivity index (χ1v) is 7.02. The van der Waals surface area contributed by atoms with Crippen molar-refractivity contribution in [3.05, 3.63) is 41.0 Å². The van der Waals surface area contributed by atoms with E-state index in [4.69, 9.17) is 10.3 Å². The van der Waals surface area contributed by atoms with Gasteiger partial charge in [0.05, 0.1) is 34.9 Å². The number of anilines is 1. The van der Waals surface area contributed by atoms with Gasteiger partial charge >= 0.3 is 0 Å². The molecule has 0 aromatic carbocycles. The molecule has 1 atom stereocenters. The van der Waals surface area contributed by atoms with Crippen LogP contribution in [0.25, 0.3) is 0 Å². The first-order chi connectivity index (χ1) is 10.1. The zero-order valence-electron chi connectivity index (χ0n) is 12.2. The number of aryl methyl sites for hydroxylation is 2. The summed E-state index contributed by atoms with van der Waals surface area (Å²) in [6, 6.07) is 3.52. The van der Waals surface area contributed by atoms with Crippen LogP contribution in [0, 0.1) is 13.8 Å². The van der Waals surface area contributed by atoms with Gasteiger partial charge in [0.1, 0.15) is 0 Å². The number of nitrogens with two attached hydrogens (primary N) is 1. The van der Waals surface area contributed by atoms with E-state index in [1.807, 2.05) is 24.8 Å². The third kappa shape index (κ3) is 2.49. The summed E-state index contributed by atoms with van der Waals surface area (Å²) in [7, 11) is 0. The molecular weight excluding hydrogens is 268 g/mol. The molecule has 21 heavy (non-hydrogen) atoms. The van der Waals surface area contributed by atoms with Crippen molar-refractivity contribution in [1.29, 1.82) is 0 Å². The molecule has 2 aromatic heterocycles. The van der Waals surface area contributed by atoms with Crippen molar-refractivity contribution in [2.24, 2.45) is 0 Å². The Morgan fingerprint density at radius 2 is 2.24 bits per heavy atom. The van der Waals surface area contributed by atoms with Gasteiger partial charge in [-0.05, 0) is 32.8 Å². The third-order valence-electron chi connectivity index (χ3n) is 3.83. The topological polar surface area (TPSA) is 85.2 Å². The molecule has 0 radical (unpaired) electrons. The highest BCUT2D eigenvalue weighted by Crippen LogP contribution is 2.33. The smallest absolute Gasteiger partial charge is 0.256 e. The van der Waals surface area contributed by atoms with Gasteiger partial charge in [-0.2, -0.15) is 0 Å². The predicted octanol–water partition coefficient (Wildman–Crippen LogP) is 2.25. The van der Waals surface area contributed by atoms with Crippen LogP contribution in [0.5, 0.6) is 0 Å². The van der Waals surface area contributed by atoms with E-state index in [9.17, 15) is 4.79 Å². The molecule has 0 aliphatic carbocycles. The van der Waals surface area contributed by atoms with Crippen LogP contribution in [0.2, 0.25) is 0 Å². The Labute approximate surface area is 122 Å². The zero-order valence-corrected chi connectivity index (χ0v) is 12.2. The van der Waals surface area contributed by atoms with Gasteiger partial charge in [0.15, 0.2) is 5.76 Å². The van der Waals surface area contributed by atoms with Crippen LogP contribution < -0.4 is 5.73 Å². The number of hydrogen-bond acceptors (Lipinski definition) is 5. The molecular formula is C15H18N4O2. The van der Waals surface area contributed by atoms with Crippen LogP contribution in [-0.2, 0) is 0 Å². The molecule has 2 N–H and O–H groups in total. The van der Waals surface area contributed by atoms with Gasteiger partial charge in [-0.1, -0.05) is 5.16 Å². The van der Waals surface area contributed by atoms with Gasteiger partial charge in [-0.3, -0.25) is 9.78 Å². The molecule has 1 amide bonds. The molecule has 0 bridgehead atoms. The number of nitrogen functional groups attached to an aromatic ring is 1. The minimum Gasteiger partial charge on any atom is -0.397 e. The zero-order chi connectivity index (χ0) is 15.0. The molecule has 6 heteroatoms. The van der Waals surface area contributed by atoms with Crippen molar-refractivity contribution in [1.82, 2.24) is 15.0 Å². The second-order valence-electron chi connectivity index (χ2n) is 5.43. The summed E-state index contributed by atoms with van der Waals surface area (Å²) in [6.45, 7) is 4.40. The largest absolute Gasteiger partial charge is 0.397 e. The number of pyridine rings is 1. The van der Waals surface area contributed by atoms with Crippen LogP contribution in [0.1, 0.15) is 46.4 Å². The van der Waals surface area contributed by atoms with Crippen LogP contribution >= 0.6 is 0 Å². The monoisotopic (exact) mass is 286 g/mol. The average Bonchev–Trinajstić information content (AvgIpc) is 3.09. The van der Waals surface area contributed by atoms with Crippen LogP contribution in [-0.4, -0.2) is 27.5 Å². The lowest BCUT2D eigenvalue weighted by Crippen LogP contribution is -2.31. The van der Waals surface area contributed by atoms with Crippen molar-refractivity contribution >= 4 is 11.6 Å². The molecule has 0 spiro atoms. The maximum Gasteiger partial charge on any atom is 0.256 e. The van der Waals surface area contributed by atoms with Crippen LogP contribution in [0.3, 0.4) is 0 Å². The normalized spacial score (nSPS) is 18.2. The van der Waals surface area contributed by atoms with Gasteiger partial charge in [-0.25, -0.2) is 0 Å². The number of nitrogens with zero attached hydrogens (tertiary/aromatic N) is 3. The van der Waals surface area contributed by atoms with Gasteiger partial charge in [0, 0.05) is 12.6 Å². The minimum atomic E-state index is -0.0560. The lowest BCUT2D eigenvalue weighted by atomic mass is 10.1. The highest BCUT2D eigenvalue weighted by Gasteiger charge is 2.33. The fourth-order valence-corrected chi connectivity index (χ4v) is 2.77. The lowest BCUT2D eigenvalue weighted by molar-refractivity contribution is 0.0713. The Balaban J connectivity index is 1.91. The highest BCUT2D eigenvalue weighted by molar-refractivity contribution is 5.96. The molecule has 1 aliphatic rings. The van der Waals surface area contributed by atoms with E-state index >= 15 is 0 Å². The molecule has 1 aliphatic heterocycles. The second kappa shape index (κ2) is 5.20. The summed E-state index contributed by atoms with van der Waals surface area (Å²) in [5.74, 6) is 0.691. The van der Waals surface area contributed by atoms with Crippen molar-refractivity contribution in [3.8, 4) is 0 Å². The van der Waals surface area contributed by atoms with Gasteiger partial charge < -0.3 is 15.2 Å². The Morgan fingerprint density at radius 1 is 1.43 bits per heavy atom. The fraction of sp³-hybridized carbons (Fsp3) is 0.400. The maximum absolute atomic E-state index is 12.8. The summed E-state index contributed by atoms with van der Waals surface area (Å²) in [4.78, 5) is 18.8. The molecule has 1 saturated heterocycles. The number of amides is 1. The Morgan fingerprint density at radius 3 is 2.95 bits per heavy atom. The first-order valence-electron chi connectivity index (χ1n) is 7.02. The van der Waals surface area contributed by atoms with Gasteiger partial charge in [0.25, 0.3) is 5.91 Å². The molecule has 110 valence electrons. The summed E-state index contributed by atoms with van der Waals surface area (Å²) in [5, 5.41) is 3.91. The highest BCUT2D eigenvalue weighted by atomic mass is 16.5. The number of hydrogen-bond donors (Lipinski definition) is 1. The molecule has 3 heterocycles. The molecule has 2 aromatic rings. The van der Waals surface area contributed by atoms with Gasteiger partial charge in [0.2, 0.25) is 0 Å². The van der Waals surface area contributed by atoms with Crippen LogP contribution in [0.4, 0.5) is 5.69 Å². The number of aromatic nitrogens is 2. The molecule has 0 saturated carbocycles. The van der Waals surface area contributed by atoms with E-state index < -0.39 is 0 Å². The quantitative estimate of drug-likeness (QED) is 0.915. The lowest BCUT2D eigenvalue weighted by Gasteiger charge is -2.23.